The maximum Gasteiger partial charge on any atom is 0.145 e. The fourth-order valence-corrected chi connectivity index (χ4v) is 1.85. The summed E-state index contributed by atoms with van der Waals surface area (Å²) >= 11 is 0. The first-order valence-corrected chi connectivity index (χ1v) is 5.76. The van der Waals surface area contributed by atoms with Crippen LogP contribution in [0.25, 0.3) is 10.9 Å². The van der Waals surface area contributed by atoms with Crippen molar-refractivity contribution in [1.29, 1.82) is 0 Å². The number of pyridine rings is 1. The Labute approximate surface area is 109 Å². The van der Waals surface area contributed by atoms with Crippen LogP contribution in [0.5, 0.6) is 0 Å². The standard InChI is InChI=1S/C13H12N6/c14-19-13-7-12(16-8-17-13)18-11-5-1-4-10-9(11)3-2-6-15-10/h1-8H,14H2,(H2,16,17,18,19). The topological polar surface area (TPSA) is 88.8 Å². The molecule has 0 aliphatic heterocycles. The molecular weight excluding hydrogens is 240 g/mol. The number of hydrogen-bond acceptors (Lipinski definition) is 6. The van der Waals surface area contributed by atoms with Gasteiger partial charge in [-0.15, -0.1) is 0 Å². The Morgan fingerprint density at radius 1 is 0.947 bits per heavy atom. The normalized spacial score (nSPS) is 10.4. The molecule has 3 aromatic rings. The Bertz CT molecular complexity index is 707. The number of nitrogen functional groups attached to an aromatic ring is 1. The molecule has 3 rings (SSSR count). The summed E-state index contributed by atoms with van der Waals surface area (Å²) in [4.78, 5) is 12.4. The van der Waals surface area contributed by atoms with Crippen molar-refractivity contribution >= 4 is 28.2 Å². The van der Waals surface area contributed by atoms with Crippen molar-refractivity contribution in [3.63, 3.8) is 0 Å². The van der Waals surface area contributed by atoms with Crippen LogP contribution < -0.4 is 16.6 Å². The van der Waals surface area contributed by atoms with Crippen LogP contribution in [0.3, 0.4) is 0 Å². The number of fused-ring (bicyclic) bond motifs is 1. The van der Waals surface area contributed by atoms with Gasteiger partial charge in [-0.3, -0.25) is 4.98 Å². The molecule has 2 heterocycles. The molecule has 0 aliphatic rings. The van der Waals surface area contributed by atoms with E-state index < -0.39 is 0 Å². The Morgan fingerprint density at radius 3 is 2.74 bits per heavy atom. The maximum absolute atomic E-state index is 5.32. The van der Waals surface area contributed by atoms with Gasteiger partial charge in [0, 0.05) is 23.3 Å². The van der Waals surface area contributed by atoms with Crippen LogP contribution in [-0.2, 0) is 0 Å². The third-order valence-corrected chi connectivity index (χ3v) is 2.72. The van der Waals surface area contributed by atoms with E-state index in [4.69, 9.17) is 5.84 Å². The number of aromatic nitrogens is 3. The predicted molar refractivity (Wildman–Crippen MR) is 74.9 cm³/mol. The molecule has 6 heteroatoms. The van der Waals surface area contributed by atoms with Gasteiger partial charge in [-0.1, -0.05) is 6.07 Å². The summed E-state index contributed by atoms with van der Waals surface area (Å²) in [7, 11) is 0. The first-order chi connectivity index (χ1) is 9.36. The molecule has 0 bridgehead atoms. The lowest BCUT2D eigenvalue weighted by atomic mass is 10.2. The SMILES string of the molecule is NNc1cc(Nc2cccc3ncccc23)ncn1. The summed E-state index contributed by atoms with van der Waals surface area (Å²) in [6.07, 6.45) is 3.22. The maximum atomic E-state index is 5.32. The second kappa shape index (κ2) is 4.87. The van der Waals surface area contributed by atoms with Crippen molar-refractivity contribution < 1.29 is 0 Å². The largest absolute Gasteiger partial charge is 0.340 e. The van der Waals surface area contributed by atoms with Gasteiger partial charge in [0.15, 0.2) is 0 Å². The summed E-state index contributed by atoms with van der Waals surface area (Å²) < 4.78 is 0. The third kappa shape index (κ3) is 2.29. The second-order valence-corrected chi connectivity index (χ2v) is 3.93. The number of nitrogens with one attached hydrogen (secondary N) is 2. The van der Waals surface area contributed by atoms with Crippen molar-refractivity contribution in [1.82, 2.24) is 15.0 Å². The van der Waals surface area contributed by atoms with Crippen LogP contribution in [0.4, 0.5) is 17.3 Å². The summed E-state index contributed by atoms with van der Waals surface area (Å²) in [5.41, 5.74) is 4.35. The molecule has 94 valence electrons. The number of rotatable bonds is 3. The van der Waals surface area contributed by atoms with Crippen LogP contribution in [0.2, 0.25) is 0 Å². The van der Waals surface area contributed by atoms with Crippen molar-refractivity contribution in [2.45, 2.75) is 0 Å². The minimum absolute atomic E-state index is 0.552. The molecule has 0 fully saturated rings. The molecule has 2 aromatic heterocycles. The van der Waals surface area contributed by atoms with Gasteiger partial charge in [-0.25, -0.2) is 15.8 Å². The molecule has 0 aliphatic carbocycles. The summed E-state index contributed by atoms with van der Waals surface area (Å²) in [5.74, 6) is 6.54. The van der Waals surface area contributed by atoms with E-state index in [-0.39, 0.29) is 0 Å². The molecule has 0 saturated carbocycles. The lowest BCUT2D eigenvalue weighted by molar-refractivity contribution is 1.14. The fourth-order valence-electron chi connectivity index (χ4n) is 1.85. The smallest absolute Gasteiger partial charge is 0.145 e. The molecular formula is C13H12N6. The Hall–Kier alpha value is -2.73. The lowest BCUT2D eigenvalue weighted by Crippen LogP contribution is -2.09. The van der Waals surface area contributed by atoms with E-state index in [0.29, 0.717) is 11.6 Å². The zero-order valence-corrected chi connectivity index (χ0v) is 10.0. The highest BCUT2D eigenvalue weighted by atomic mass is 15.3. The number of hydrazine groups is 1. The van der Waals surface area contributed by atoms with Gasteiger partial charge in [0.1, 0.15) is 18.0 Å². The van der Waals surface area contributed by atoms with E-state index in [1.807, 2.05) is 30.3 Å². The first-order valence-electron chi connectivity index (χ1n) is 5.76. The number of benzene rings is 1. The van der Waals surface area contributed by atoms with Crippen LogP contribution in [0, 0.1) is 0 Å². The Balaban J connectivity index is 2.01. The molecule has 6 nitrogen and oxygen atoms in total. The highest BCUT2D eigenvalue weighted by molar-refractivity contribution is 5.92. The van der Waals surface area contributed by atoms with Gasteiger partial charge in [0.2, 0.25) is 0 Å². The highest BCUT2D eigenvalue weighted by Crippen LogP contribution is 2.24. The predicted octanol–water partition coefficient (Wildman–Crippen LogP) is 2.05. The molecule has 0 radical (unpaired) electrons. The van der Waals surface area contributed by atoms with Gasteiger partial charge in [0.25, 0.3) is 0 Å². The van der Waals surface area contributed by atoms with Crippen molar-refractivity contribution in [3.8, 4) is 0 Å². The second-order valence-electron chi connectivity index (χ2n) is 3.93. The van der Waals surface area contributed by atoms with E-state index in [9.17, 15) is 0 Å². The summed E-state index contributed by atoms with van der Waals surface area (Å²) in [6, 6.07) is 11.5. The monoisotopic (exact) mass is 252 g/mol. The average Bonchev–Trinajstić information content (AvgIpc) is 2.48. The molecule has 0 unspecified atom stereocenters. The quantitative estimate of drug-likeness (QED) is 0.488. The number of nitrogens with zero attached hydrogens (tertiary/aromatic N) is 3. The minimum Gasteiger partial charge on any atom is -0.340 e. The molecule has 0 amide bonds. The van der Waals surface area contributed by atoms with Crippen LogP contribution in [-0.4, -0.2) is 15.0 Å². The van der Waals surface area contributed by atoms with Crippen molar-refractivity contribution in [2.24, 2.45) is 5.84 Å². The Morgan fingerprint density at radius 2 is 1.84 bits per heavy atom. The van der Waals surface area contributed by atoms with Gasteiger partial charge in [-0.05, 0) is 24.3 Å². The minimum atomic E-state index is 0.552. The Kier molecular flexibility index (Phi) is 2.91. The van der Waals surface area contributed by atoms with Gasteiger partial charge in [-0.2, -0.15) is 0 Å². The van der Waals surface area contributed by atoms with Crippen molar-refractivity contribution in [3.05, 3.63) is 48.9 Å². The molecule has 4 N–H and O–H groups in total. The summed E-state index contributed by atoms with van der Waals surface area (Å²) in [6.45, 7) is 0. The first kappa shape index (κ1) is 11.4. The number of nitrogens with two attached hydrogens (primary N) is 1. The zero-order valence-electron chi connectivity index (χ0n) is 10.0. The summed E-state index contributed by atoms with van der Waals surface area (Å²) in [5, 5.41) is 4.27. The molecule has 0 saturated heterocycles. The van der Waals surface area contributed by atoms with E-state index in [1.165, 1.54) is 6.33 Å². The van der Waals surface area contributed by atoms with Crippen LogP contribution in [0.1, 0.15) is 0 Å². The van der Waals surface area contributed by atoms with Crippen LogP contribution >= 0.6 is 0 Å². The zero-order chi connectivity index (χ0) is 13.1. The highest BCUT2D eigenvalue weighted by Gasteiger charge is 2.03. The van der Waals surface area contributed by atoms with E-state index in [0.717, 1.165) is 16.6 Å². The molecule has 1 aromatic carbocycles. The van der Waals surface area contributed by atoms with Crippen LogP contribution in [0.15, 0.2) is 48.9 Å². The lowest BCUT2D eigenvalue weighted by Gasteiger charge is -2.09. The average molecular weight is 252 g/mol. The molecule has 0 atom stereocenters. The molecule has 19 heavy (non-hydrogen) atoms. The molecule has 0 spiro atoms. The number of hydrogen-bond donors (Lipinski definition) is 3. The van der Waals surface area contributed by atoms with E-state index in [2.05, 4.69) is 25.7 Å². The van der Waals surface area contributed by atoms with Crippen molar-refractivity contribution in [2.75, 3.05) is 10.7 Å². The van der Waals surface area contributed by atoms with E-state index >= 15 is 0 Å². The number of anilines is 3. The van der Waals surface area contributed by atoms with Gasteiger partial charge in [0.05, 0.1) is 5.52 Å². The van der Waals surface area contributed by atoms with Gasteiger partial charge < -0.3 is 10.7 Å². The third-order valence-electron chi connectivity index (χ3n) is 2.72. The fraction of sp³-hybridized carbons (Fsp3) is 0. The van der Waals surface area contributed by atoms with E-state index in [1.54, 1.807) is 12.3 Å². The van der Waals surface area contributed by atoms with Gasteiger partial charge >= 0.3 is 0 Å².